The molecule has 2 N–H and O–H groups in total. The Labute approximate surface area is 129 Å². The molecule has 7 heteroatoms. The van der Waals surface area contributed by atoms with Gasteiger partial charge < -0.3 is 5.32 Å². The molecule has 0 saturated heterocycles. The van der Waals surface area contributed by atoms with Gasteiger partial charge in [-0.2, -0.15) is 0 Å². The van der Waals surface area contributed by atoms with Crippen molar-refractivity contribution in [1.82, 2.24) is 15.3 Å². The predicted octanol–water partition coefficient (Wildman–Crippen LogP) is 4.12. The summed E-state index contributed by atoms with van der Waals surface area (Å²) in [4.78, 5) is 19.5. The van der Waals surface area contributed by atoms with Gasteiger partial charge in [-0.3, -0.25) is 5.32 Å². The Kier molecular flexibility index (Phi) is 7.62. The minimum Gasteiger partial charge on any atom is -0.338 e. The predicted molar refractivity (Wildman–Crippen MR) is 82.4 cm³/mol. The van der Waals surface area contributed by atoms with Crippen molar-refractivity contribution in [2.24, 2.45) is 5.92 Å². The number of hydrogen-bond donors (Lipinski definition) is 2. The van der Waals surface area contributed by atoms with Crippen molar-refractivity contribution in [3.8, 4) is 0 Å². The molecule has 1 atom stereocenters. The van der Waals surface area contributed by atoms with E-state index in [0.717, 1.165) is 19.3 Å². The Bertz CT molecular complexity index is 422. The zero-order valence-electron chi connectivity index (χ0n) is 11.7. The third-order valence-corrected chi connectivity index (χ3v) is 3.37. The van der Waals surface area contributed by atoms with Crippen LogP contribution in [0, 0.1) is 5.92 Å². The van der Waals surface area contributed by atoms with Gasteiger partial charge in [-0.25, -0.2) is 14.8 Å². The fraction of sp³-hybridized carbons (Fsp3) is 0.615. The lowest BCUT2D eigenvalue weighted by atomic mass is 9.99. The van der Waals surface area contributed by atoms with Crippen molar-refractivity contribution < 1.29 is 4.79 Å². The molecule has 1 rings (SSSR count). The van der Waals surface area contributed by atoms with Crippen LogP contribution >= 0.6 is 23.2 Å². The minimum absolute atomic E-state index is 0.0987. The summed E-state index contributed by atoms with van der Waals surface area (Å²) in [5.74, 6) is 0.589. The van der Waals surface area contributed by atoms with Crippen LogP contribution in [0.15, 0.2) is 6.07 Å². The van der Waals surface area contributed by atoms with Crippen LogP contribution in [-0.2, 0) is 0 Å². The number of unbranched alkanes of at least 4 members (excludes halogenated alkanes) is 1. The summed E-state index contributed by atoms with van der Waals surface area (Å²) in [6.45, 7) is 4.92. The Hall–Kier alpha value is -1.07. The first-order valence-corrected chi connectivity index (χ1v) is 7.55. The van der Waals surface area contributed by atoms with Crippen LogP contribution in [-0.4, -0.2) is 22.5 Å². The van der Waals surface area contributed by atoms with E-state index in [-0.39, 0.29) is 22.3 Å². The number of nitrogens with one attached hydrogen (secondary N) is 2. The average Bonchev–Trinajstić information content (AvgIpc) is 2.37. The Morgan fingerprint density at radius 1 is 1.30 bits per heavy atom. The summed E-state index contributed by atoms with van der Waals surface area (Å²) in [5, 5.41) is 5.71. The van der Waals surface area contributed by atoms with Crippen molar-refractivity contribution >= 4 is 35.2 Å². The van der Waals surface area contributed by atoms with Gasteiger partial charge in [-0.05, 0) is 12.3 Å². The van der Waals surface area contributed by atoms with Crippen LogP contribution in [0.3, 0.4) is 0 Å². The minimum atomic E-state index is -0.349. The van der Waals surface area contributed by atoms with Crippen molar-refractivity contribution in [3.63, 3.8) is 0 Å². The molecule has 5 nitrogen and oxygen atoms in total. The van der Waals surface area contributed by atoms with E-state index < -0.39 is 0 Å². The fourth-order valence-electron chi connectivity index (χ4n) is 1.77. The van der Waals surface area contributed by atoms with Crippen LogP contribution in [0.1, 0.15) is 39.5 Å². The molecule has 1 aromatic rings. The van der Waals surface area contributed by atoms with E-state index in [1.807, 2.05) is 0 Å². The Balaban J connectivity index is 2.42. The van der Waals surface area contributed by atoms with Crippen molar-refractivity contribution in [1.29, 1.82) is 0 Å². The number of carbonyl (C=O) groups excluding carboxylic acids is 1. The SMILES string of the molecule is CCCCC(CC)CNC(=O)Nc1nc(Cl)cc(Cl)n1. The monoisotopic (exact) mass is 318 g/mol. The number of urea groups is 1. The Morgan fingerprint density at radius 2 is 1.95 bits per heavy atom. The maximum absolute atomic E-state index is 11.7. The van der Waals surface area contributed by atoms with E-state index in [1.165, 1.54) is 12.5 Å². The number of hydrogen-bond acceptors (Lipinski definition) is 3. The highest BCUT2D eigenvalue weighted by Gasteiger charge is 2.10. The largest absolute Gasteiger partial charge is 0.338 e. The number of anilines is 1. The van der Waals surface area contributed by atoms with E-state index >= 15 is 0 Å². The molecular weight excluding hydrogens is 299 g/mol. The van der Waals surface area contributed by atoms with Gasteiger partial charge in [0.2, 0.25) is 5.95 Å². The van der Waals surface area contributed by atoms with Crippen LogP contribution < -0.4 is 10.6 Å². The van der Waals surface area contributed by atoms with Gasteiger partial charge in [0.1, 0.15) is 10.3 Å². The van der Waals surface area contributed by atoms with Crippen LogP contribution in [0.25, 0.3) is 0 Å². The van der Waals surface area contributed by atoms with Crippen molar-refractivity contribution in [2.45, 2.75) is 39.5 Å². The van der Waals surface area contributed by atoms with Gasteiger partial charge in [0.05, 0.1) is 0 Å². The third kappa shape index (κ3) is 6.39. The molecule has 0 radical (unpaired) electrons. The molecule has 0 aliphatic carbocycles. The molecule has 0 spiro atoms. The summed E-state index contributed by atoms with van der Waals surface area (Å²) < 4.78 is 0. The number of carbonyl (C=O) groups is 1. The van der Waals surface area contributed by atoms with Gasteiger partial charge >= 0.3 is 6.03 Å². The van der Waals surface area contributed by atoms with Crippen molar-refractivity contribution in [2.75, 3.05) is 11.9 Å². The number of nitrogens with zero attached hydrogens (tertiary/aromatic N) is 2. The average molecular weight is 319 g/mol. The molecule has 0 fully saturated rings. The molecule has 1 unspecified atom stereocenters. The number of amides is 2. The van der Waals surface area contributed by atoms with Crippen molar-refractivity contribution in [3.05, 3.63) is 16.4 Å². The molecule has 0 aliphatic heterocycles. The quantitative estimate of drug-likeness (QED) is 0.743. The second-order valence-electron chi connectivity index (χ2n) is 4.59. The smallest absolute Gasteiger partial charge is 0.321 e. The lowest BCUT2D eigenvalue weighted by Crippen LogP contribution is -2.33. The molecule has 1 heterocycles. The molecule has 0 aromatic carbocycles. The lowest BCUT2D eigenvalue weighted by molar-refractivity contribution is 0.249. The first-order valence-electron chi connectivity index (χ1n) is 6.80. The molecule has 0 bridgehead atoms. The van der Waals surface area contributed by atoms with Crippen LogP contribution in [0.2, 0.25) is 10.3 Å². The highest BCUT2D eigenvalue weighted by atomic mass is 35.5. The summed E-state index contributed by atoms with van der Waals surface area (Å²) in [5.41, 5.74) is 0. The zero-order valence-corrected chi connectivity index (χ0v) is 13.3. The summed E-state index contributed by atoms with van der Waals surface area (Å²) in [7, 11) is 0. The molecule has 112 valence electrons. The molecule has 0 aliphatic rings. The van der Waals surface area contributed by atoms with Gasteiger partial charge in [-0.15, -0.1) is 0 Å². The third-order valence-electron chi connectivity index (χ3n) is 2.98. The summed E-state index contributed by atoms with van der Waals surface area (Å²) >= 11 is 11.5. The van der Waals surface area contributed by atoms with Crippen LogP contribution in [0.5, 0.6) is 0 Å². The topological polar surface area (TPSA) is 66.9 Å². The maximum atomic E-state index is 11.7. The number of rotatable bonds is 7. The summed E-state index contributed by atoms with van der Waals surface area (Å²) in [6.07, 6.45) is 4.50. The van der Waals surface area contributed by atoms with E-state index in [4.69, 9.17) is 23.2 Å². The van der Waals surface area contributed by atoms with Gasteiger partial charge in [0, 0.05) is 12.6 Å². The fourth-order valence-corrected chi connectivity index (χ4v) is 2.19. The lowest BCUT2D eigenvalue weighted by Gasteiger charge is -2.15. The highest BCUT2D eigenvalue weighted by molar-refractivity contribution is 6.33. The first kappa shape index (κ1) is 17.0. The standard InChI is InChI=1S/C13H20Cl2N4O/c1-3-5-6-9(4-2)8-16-13(20)19-12-17-10(14)7-11(15)18-12/h7,9H,3-6,8H2,1-2H3,(H2,16,17,18,19,20). The van der Waals surface area contributed by atoms with E-state index in [1.54, 1.807) is 0 Å². The first-order chi connectivity index (χ1) is 9.55. The normalized spacial score (nSPS) is 12.0. The highest BCUT2D eigenvalue weighted by Crippen LogP contribution is 2.14. The number of aromatic nitrogens is 2. The molecule has 20 heavy (non-hydrogen) atoms. The maximum Gasteiger partial charge on any atom is 0.321 e. The number of halogens is 2. The second kappa shape index (κ2) is 8.97. The molecule has 0 saturated carbocycles. The zero-order chi connectivity index (χ0) is 15.0. The summed E-state index contributed by atoms with van der Waals surface area (Å²) in [6, 6.07) is 1.06. The molecular formula is C13H20Cl2N4O. The van der Waals surface area contributed by atoms with Crippen LogP contribution in [0.4, 0.5) is 10.7 Å². The van der Waals surface area contributed by atoms with Gasteiger partial charge in [0.15, 0.2) is 0 Å². The van der Waals surface area contributed by atoms with Gasteiger partial charge in [-0.1, -0.05) is 56.3 Å². The van der Waals surface area contributed by atoms with E-state index in [9.17, 15) is 4.79 Å². The second-order valence-corrected chi connectivity index (χ2v) is 5.36. The Morgan fingerprint density at radius 3 is 2.50 bits per heavy atom. The van der Waals surface area contributed by atoms with E-state index in [0.29, 0.717) is 12.5 Å². The van der Waals surface area contributed by atoms with Gasteiger partial charge in [0.25, 0.3) is 0 Å². The molecule has 1 aromatic heterocycles. The van der Waals surface area contributed by atoms with E-state index in [2.05, 4.69) is 34.4 Å². The molecule has 2 amide bonds.